The van der Waals surface area contributed by atoms with E-state index in [0.29, 0.717) is 24.7 Å². The molecule has 2 fully saturated rings. The van der Waals surface area contributed by atoms with Crippen LogP contribution < -0.4 is 5.32 Å². The molecule has 0 aromatic carbocycles. The predicted octanol–water partition coefficient (Wildman–Crippen LogP) is 3.05. The third-order valence-corrected chi connectivity index (χ3v) is 5.02. The minimum Gasteiger partial charge on any atom is -0.481 e. The normalized spacial score (nSPS) is 24.4. The average Bonchev–Trinajstić information content (AvgIpc) is 3.23. The van der Waals surface area contributed by atoms with Crippen LogP contribution in [0.3, 0.4) is 0 Å². The van der Waals surface area contributed by atoms with E-state index in [2.05, 4.69) is 26.2 Å². The average molecular weight is 368 g/mol. The van der Waals surface area contributed by atoms with Gasteiger partial charge < -0.3 is 10.0 Å². The first-order valence-corrected chi connectivity index (χ1v) is 8.14. The predicted molar refractivity (Wildman–Crippen MR) is 84.9 cm³/mol. The lowest BCUT2D eigenvalue weighted by Crippen LogP contribution is -2.37. The molecule has 3 rings (SSSR count). The molecule has 1 aliphatic heterocycles. The zero-order valence-electron chi connectivity index (χ0n) is 12.3. The number of carbonyl (C=O) groups is 2. The van der Waals surface area contributed by atoms with Crippen molar-refractivity contribution >= 4 is 33.7 Å². The van der Waals surface area contributed by atoms with Gasteiger partial charge in [-0.3, -0.25) is 10.1 Å². The van der Waals surface area contributed by atoms with Gasteiger partial charge in [0, 0.05) is 23.5 Å². The number of carbonyl (C=O) groups excluding carboxylic acids is 1. The Kier molecular flexibility index (Phi) is 3.84. The molecular weight excluding hydrogens is 350 g/mol. The SMILES string of the molecule is CC1(C(=O)O)CCN(C(=O)Nc2ccc(Br)c(C3CC3)n2)C1. The van der Waals surface area contributed by atoms with Crippen molar-refractivity contribution in [2.75, 3.05) is 18.4 Å². The molecule has 7 heteroatoms. The first-order valence-electron chi connectivity index (χ1n) is 7.35. The Balaban J connectivity index is 1.68. The van der Waals surface area contributed by atoms with E-state index in [4.69, 9.17) is 0 Å². The molecule has 22 heavy (non-hydrogen) atoms. The van der Waals surface area contributed by atoms with Crippen LogP contribution in [-0.2, 0) is 4.79 Å². The molecule has 1 atom stereocenters. The number of rotatable bonds is 3. The van der Waals surface area contributed by atoms with Crippen LogP contribution in [0.25, 0.3) is 0 Å². The van der Waals surface area contributed by atoms with Crippen LogP contribution in [0.5, 0.6) is 0 Å². The Morgan fingerprint density at radius 1 is 1.45 bits per heavy atom. The molecule has 1 saturated heterocycles. The molecule has 0 radical (unpaired) electrons. The van der Waals surface area contributed by atoms with Crippen LogP contribution in [0.4, 0.5) is 10.6 Å². The number of hydrogen-bond donors (Lipinski definition) is 2. The number of hydrogen-bond acceptors (Lipinski definition) is 3. The molecule has 0 bridgehead atoms. The maximum Gasteiger partial charge on any atom is 0.323 e. The van der Waals surface area contributed by atoms with Gasteiger partial charge in [-0.1, -0.05) is 0 Å². The van der Waals surface area contributed by atoms with Crippen LogP contribution in [0.2, 0.25) is 0 Å². The molecule has 118 valence electrons. The number of carboxylic acids is 1. The van der Waals surface area contributed by atoms with Crippen molar-refractivity contribution in [1.29, 1.82) is 0 Å². The van der Waals surface area contributed by atoms with E-state index in [1.165, 1.54) is 4.90 Å². The Morgan fingerprint density at radius 3 is 2.77 bits per heavy atom. The summed E-state index contributed by atoms with van der Waals surface area (Å²) >= 11 is 3.48. The Hall–Kier alpha value is -1.63. The maximum atomic E-state index is 12.3. The number of amides is 2. The number of aliphatic carboxylic acids is 1. The van der Waals surface area contributed by atoms with Crippen molar-refractivity contribution < 1.29 is 14.7 Å². The summed E-state index contributed by atoms with van der Waals surface area (Å²) in [6.45, 7) is 2.34. The summed E-state index contributed by atoms with van der Waals surface area (Å²) in [7, 11) is 0. The summed E-state index contributed by atoms with van der Waals surface area (Å²) in [5.41, 5.74) is 0.124. The fraction of sp³-hybridized carbons (Fsp3) is 0.533. The van der Waals surface area contributed by atoms with Gasteiger partial charge in [0.15, 0.2) is 0 Å². The quantitative estimate of drug-likeness (QED) is 0.859. The number of nitrogens with zero attached hydrogens (tertiary/aromatic N) is 2. The molecule has 2 N–H and O–H groups in total. The lowest BCUT2D eigenvalue weighted by atomic mass is 9.90. The Morgan fingerprint density at radius 2 is 2.18 bits per heavy atom. The molecule has 1 aromatic heterocycles. The molecule has 1 aliphatic carbocycles. The topological polar surface area (TPSA) is 82.5 Å². The van der Waals surface area contributed by atoms with Gasteiger partial charge in [0.05, 0.1) is 11.1 Å². The number of halogens is 1. The van der Waals surface area contributed by atoms with Crippen molar-refractivity contribution in [2.45, 2.75) is 32.1 Å². The minimum atomic E-state index is -0.861. The maximum absolute atomic E-state index is 12.3. The molecule has 0 spiro atoms. The summed E-state index contributed by atoms with van der Waals surface area (Å²) in [6, 6.07) is 3.35. The highest BCUT2D eigenvalue weighted by molar-refractivity contribution is 9.10. The Labute approximate surface area is 137 Å². The fourth-order valence-corrected chi connectivity index (χ4v) is 3.21. The number of pyridine rings is 1. The number of aromatic nitrogens is 1. The molecule has 1 saturated carbocycles. The molecule has 2 aliphatic rings. The van der Waals surface area contributed by atoms with Gasteiger partial charge in [0.25, 0.3) is 0 Å². The summed E-state index contributed by atoms with van der Waals surface area (Å²) in [6.07, 6.45) is 2.73. The van der Waals surface area contributed by atoms with Crippen LogP contribution in [0.1, 0.15) is 37.8 Å². The van der Waals surface area contributed by atoms with Crippen molar-refractivity contribution in [3.8, 4) is 0 Å². The van der Waals surface area contributed by atoms with E-state index in [1.54, 1.807) is 13.0 Å². The second-order valence-corrected chi connectivity index (χ2v) is 7.16. The summed E-state index contributed by atoms with van der Waals surface area (Å²) in [5.74, 6) is 0.132. The monoisotopic (exact) mass is 367 g/mol. The minimum absolute atomic E-state index is 0.222. The standard InChI is InChI=1S/C15H18BrN3O3/c1-15(13(20)21)6-7-19(8-15)14(22)18-11-5-4-10(16)12(17-11)9-2-3-9/h4-5,9H,2-3,6-8H2,1H3,(H,20,21)(H,17,18,22). The lowest BCUT2D eigenvalue weighted by Gasteiger charge is -2.20. The number of anilines is 1. The number of carboxylic acid groups (broad SMARTS) is 1. The van der Waals surface area contributed by atoms with E-state index >= 15 is 0 Å². The molecular formula is C15H18BrN3O3. The molecule has 2 amide bonds. The third-order valence-electron chi connectivity index (χ3n) is 4.35. The smallest absolute Gasteiger partial charge is 0.323 e. The number of likely N-dealkylation sites (tertiary alicyclic amines) is 1. The highest BCUT2D eigenvalue weighted by atomic mass is 79.9. The lowest BCUT2D eigenvalue weighted by molar-refractivity contribution is -0.146. The summed E-state index contributed by atoms with van der Waals surface area (Å²) in [5, 5.41) is 12.0. The number of urea groups is 1. The van der Waals surface area contributed by atoms with Crippen LogP contribution in [0.15, 0.2) is 16.6 Å². The van der Waals surface area contributed by atoms with Gasteiger partial charge in [0.1, 0.15) is 5.82 Å². The number of nitrogens with one attached hydrogen (secondary N) is 1. The van der Waals surface area contributed by atoms with Gasteiger partial charge in [-0.25, -0.2) is 9.78 Å². The molecule has 2 heterocycles. The van der Waals surface area contributed by atoms with Crippen LogP contribution in [0, 0.1) is 5.41 Å². The van der Waals surface area contributed by atoms with Crippen molar-refractivity contribution in [3.05, 3.63) is 22.3 Å². The van der Waals surface area contributed by atoms with E-state index in [9.17, 15) is 14.7 Å². The highest BCUT2D eigenvalue weighted by Gasteiger charge is 2.42. The first kappa shape index (κ1) is 15.3. The van der Waals surface area contributed by atoms with Crippen molar-refractivity contribution in [2.24, 2.45) is 5.41 Å². The van der Waals surface area contributed by atoms with Gasteiger partial charge in [-0.2, -0.15) is 0 Å². The van der Waals surface area contributed by atoms with Gasteiger partial charge in [-0.15, -0.1) is 0 Å². The zero-order chi connectivity index (χ0) is 15.9. The van der Waals surface area contributed by atoms with Crippen molar-refractivity contribution in [3.63, 3.8) is 0 Å². The molecule has 6 nitrogen and oxygen atoms in total. The van der Waals surface area contributed by atoms with Crippen molar-refractivity contribution in [1.82, 2.24) is 9.88 Å². The summed E-state index contributed by atoms with van der Waals surface area (Å²) in [4.78, 5) is 29.5. The Bertz CT molecular complexity index is 632. The van der Waals surface area contributed by atoms with Crippen LogP contribution in [-0.4, -0.2) is 40.1 Å². The zero-order valence-corrected chi connectivity index (χ0v) is 13.9. The second kappa shape index (κ2) is 5.53. The van der Waals surface area contributed by atoms with Crippen LogP contribution >= 0.6 is 15.9 Å². The van der Waals surface area contributed by atoms with Gasteiger partial charge in [-0.05, 0) is 54.2 Å². The second-order valence-electron chi connectivity index (χ2n) is 6.31. The van der Waals surface area contributed by atoms with Gasteiger partial charge >= 0.3 is 12.0 Å². The third kappa shape index (κ3) is 2.95. The molecule has 1 unspecified atom stereocenters. The van der Waals surface area contributed by atoms with E-state index < -0.39 is 11.4 Å². The van der Waals surface area contributed by atoms with Gasteiger partial charge in [0.2, 0.25) is 0 Å². The van der Waals surface area contributed by atoms with E-state index in [1.807, 2.05) is 6.07 Å². The first-order chi connectivity index (χ1) is 10.4. The summed E-state index contributed by atoms with van der Waals surface area (Å²) < 4.78 is 0.965. The molecule has 1 aromatic rings. The van der Waals surface area contributed by atoms with E-state index in [0.717, 1.165) is 23.0 Å². The van der Waals surface area contributed by atoms with E-state index in [-0.39, 0.29) is 12.6 Å². The largest absolute Gasteiger partial charge is 0.481 e. The highest BCUT2D eigenvalue weighted by Crippen LogP contribution is 2.42. The fourth-order valence-electron chi connectivity index (χ4n) is 2.67.